The predicted molar refractivity (Wildman–Crippen MR) is 113 cm³/mol. The van der Waals surface area contributed by atoms with Gasteiger partial charge in [0.05, 0.1) is 0 Å². The van der Waals surface area contributed by atoms with Crippen molar-refractivity contribution in [2.45, 2.75) is 122 Å². The molecule has 0 unspecified atom stereocenters. The SMILES string of the molecule is CC(C)(C)OC(=O)N[C@@H]1CC[C@H]2N(C1=O)[C@H](C(=O)OC(C)(C)C)CC21CCCCC1. The fourth-order valence-corrected chi connectivity index (χ4v) is 5.46. The zero-order valence-corrected chi connectivity index (χ0v) is 19.4. The third-order valence-corrected chi connectivity index (χ3v) is 6.48. The molecule has 0 aromatic rings. The van der Waals surface area contributed by atoms with Crippen molar-refractivity contribution < 1.29 is 23.9 Å². The van der Waals surface area contributed by atoms with Crippen LogP contribution in [0.1, 0.15) is 92.9 Å². The Morgan fingerprint density at radius 1 is 0.967 bits per heavy atom. The van der Waals surface area contributed by atoms with E-state index >= 15 is 0 Å². The van der Waals surface area contributed by atoms with Gasteiger partial charge >= 0.3 is 12.1 Å². The molecule has 170 valence electrons. The minimum Gasteiger partial charge on any atom is -0.458 e. The molecule has 2 saturated heterocycles. The zero-order chi connectivity index (χ0) is 22.3. The topological polar surface area (TPSA) is 84.9 Å². The van der Waals surface area contributed by atoms with Gasteiger partial charge in [-0.1, -0.05) is 19.3 Å². The first-order valence-electron chi connectivity index (χ1n) is 11.4. The summed E-state index contributed by atoms with van der Waals surface area (Å²) in [7, 11) is 0. The lowest BCUT2D eigenvalue weighted by Gasteiger charge is -2.45. The van der Waals surface area contributed by atoms with Crippen molar-refractivity contribution in [3.63, 3.8) is 0 Å². The predicted octanol–water partition coefficient (Wildman–Crippen LogP) is 3.94. The Balaban J connectivity index is 1.82. The van der Waals surface area contributed by atoms with Gasteiger partial charge in [0.2, 0.25) is 5.91 Å². The Morgan fingerprint density at radius 3 is 2.13 bits per heavy atom. The molecule has 3 aliphatic rings. The minimum absolute atomic E-state index is 0.00757. The molecular formula is C23H38N2O5. The molecule has 3 fully saturated rings. The molecule has 1 spiro atoms. The molecule has 1 aliphatic carbocycles. The molecule has 0 radical (unpaired) electrons. The molecule has 2 heterocycles. The number of fused-ring (bicyclic) bond motifs is 2. The van der Waals surface area contributed by atoms with Gasteiger partial charge in [-0.05, 0) is 79.1 Å². The Bertz CT molecular complexity index is 685. The number of carbonyl (C=O) groups excluding carboxylic acids is 3. The summed E-state index contributed by atoms with van der Waals surface area (Å²) in [5.41, 5.74) is -1.25. The van der Waals surface area contributed by atoms with Crippen molar-refractivity contribution in [2.75, 3.05) is 0 Å². The van der Waals surface area contributed by atoms with Crippen LogP contribution in [0.2, 0.25) is 0 Å². The van der Waals surface area contributed by atoms with Crippen molar-refractivity contribution in [1.29, 1.82) is 0 Å². The standard InChI is InChI=1S/C23H38N2O5/c1-21(2,3)29-19(27)16-14-23(12-8-7-9-13-23)17-11-10-15(18(26)25(16)17)24-20(28)30-22(4,5)6/h15-17H,7-14H2,1-6H3,(H,24,28)/t15-,16+,17-/m1/s1. The van der Waals surface area contributed by atoms with Crippen LogP contribution >= 0.6 is 0 Å². The van der Waals surface area contributed by atoms with Crippen molar-refractivity contribution in [3.05, 3.63) is 0 Å². The molecule has 0 aromatic carbocycles. The van der Waals surface area contributed by atoms with E-state index in [4.69, 9.17) is 9.47 Å². The lowest BCUT2D eigenvalue weighted by atomic mass is 9.67. The second-order valence-corrected chi connectivity index (χ2v) is 11.2. The van der Waals surface area contributed by atoms with E-state index in [1.54, 1.807) is 25.7 Å². The molecule has 7 nitrogen and oxygen atoms in total. The second-order valence-electron chi connectivity index (χ2n) is 11.2. The van der Waals surface area contributed by atoms with E-state index in [1.807, 2.05) is 20.8 Å². The molecule has 2 amide bonds. The van der Waals surface area contributed by atoms with Gasteiger partial charge in [-0.25, -0.2) is 9.59 Å². The molecule has 3 rings (SSSR count). The van der Waals surface area contributed by atoms with Crippen LogP contribution in [0.25, 0.3) is 0 Å². The van der Waals surface area contributed by atoms with Gasteiger partial charge in [-0.2, -0.15) is 0 Å². The van der Waals surface area contributed by atoms with E-state index in [1.165, 1.54) is 6.42 Å². The smallest absolute Gasteiger partial charge is 0.408 e. The molecule has 3 atom stereocenters. The summed E-state index contributed by atoms with van der Waals surface area (Å²) in [6.45, 7) is 10.9. The van der Waals surface area contributed by atoms with Crippen LogP contribution in [0.3, 0.4) is 0 Å². The third kappa shape index (κ3) is 4.92. The van der Waals surface area contributed by atoms with Gasteiger partial charge < -0.3 is 19.7 Å². The molecule has 2 aliphatic heterocycles. The average Bonchev–Trinajstić information content (AvgIpc) is 2.90. The average molecular weight is 423 g/mol. The summed E-state index contributed by atoms with van der Waals surface area (Å²) in [4.78, 5) is 40.6. The second kappa shape index (κ2) is 8.04. The van der Waals surface area contributed by atoms with Gasteiger partial charge in [0.1, 0.15) is 23.3 Å². The highest BCUT2D eigenvalue weighted by atomic mass is 16.6. The maximum Gasteiger partial charge on any atom is 0.408 e. The number of esters is 1. The van der Waals surface area contributed by atoms with Crippen LogP contribution in [-0.2, 0) is 19.1 Å². The van der Waals surface area contributed by atoms with Crippen LogP contribution in [0.15, 0.2) is 0 Å². The van der Waals surface area contributed by atoms with Gasteiger partial charge in [-0.3, -0.25) is 4.79 Å². The fraction of sp³-hybridized carbons (Fsp3) is 0.870. The van der Waals surface area contributed by atoms with Gasteiger partial charge in [0, 0.05) is 6.04 Å². The molecule has 1 saturated carbocycles. The highest BCUT2D eigenvalue weighted by molar-refractivity contribution is 5.91. The van der Waals surface area contributed by atoms with E-state index in [-0.39, 0.29) is 23.3 Å². The number of hydrogen-bond acceptors (Lipinski definition) is 5. The lowest BCUT2D eigenvalue weighted by Crippen LogP contribution is -2.59. The highest BCUT2D eigenvalue weighted by Gasteiger charge is 2.59. The molecule has 1 N–H and O–H groups in total. The number of ether oxygens (including phenoxy) is 2. The third-order valence-electron chi connectivity index (χ3n) is 6.48. The molecule has 7 heteroatoms. The number of alkyl carbamates (subject to hydrolysis) is 1. The maximum absolute atomic E-state index is 13.5. The Labute approximate surface area is 180 Å². The zero-order valence-electron chi connectivity index (χ0n) is 19.4. The number of rotatable bonds is 2. The summed E-state index contributed by atoms with van der Waals surface area (Å²) in [5, 5.41) is 2.73. The van der Waals surface area contributed by atoms with Crippen LogP contribution in [-0.4, -0.2) is 52.2 Å². The summed E-state index contributed by atoms with van der Waals surface area (Å²) in [6, 6.07) is -1.21. The van der Waals surface area contributed by atoms with Crippen molar-refractivity contribution in [3.8, 4) is 0 Å². The van der Waals surface area contributed by atoms with E-state index in [9.17, 15) is 14.4 Å². The first kappa shape index (κ1) is 22.9. The number of carbonyl (C=O) groups is 3. The van der Waals surface area contributed by atoms with E-state index in [0.717, 1.165) is 32.1 Å². The Morgan fingerprint density at radius 2 is 1.57 bits per heavy atom. The summed E-state index contributed by atoms with van der Waals surface area (Å²) < 4.78 is 11.0. The largest absolute Gasteiger partial charge is 0.458 e. The van der Waals surface area contributed by atoms with Gasteiger partial charge in [-0.15, -0.1) is 0 Å². The van der Waals surface area contributed by atoms with E-state index < -0.39 is 29.4 Å². The Hall–Kier alpha value is -1.79. The normalized spacial score (nSPS) is 28.8. The number of amides is 2. The van der Waals surface area contributed by atoms with Crippen molar-refractivity contribution >= 4 is 18.0 Å². The van der Waals surface area contributed by atoms with Crippen LogP contribution in [0.4, 0.5) is 4.79 Å². The number of nitrogens with one attached hydrogen (secondary N) is 1. The van der Waals surface area contributed by atoms with Gasteiger partial charge in [0.25, 0.3) is 0 Å². The fourth-order valence-electron chi connectivity index (χ4n) is 5.46. The number of piperidine rings is 1. The molecule has 0 bridgehead atoms. The molecule has 0 aromatic heterocycles. The molecule has 30 heavy (non-hydrogen) atoms. The first-order valence-corrected chi connectivity index (χ1v) is 11.4. The summed E-state index contributed by atoms with van der Waals surface area (Å²) in [6.07, 6.45) is 7.00. The highest BCUT2D eigenvalue weighted by Crippen LogP contribution is 2.53. The Kier molecular flexibility index (Phi) is 6.14. The lowest BCUT2D eigenvalue weighted by molar-refractivity contribution is -0.165. The summed E-state index contributed by atoms with van der Waals surface area (Å²) in [5.74, 6) is -0.517. The van der Waals surface area contributed by atoms with Crippen LogP contribution in [0.5, 0.6) is 0 Å². The van der Waals surface area contributed by atoms with Crippen LogP contribution < -0.4 is 5.32 Å². The minimum atomic E-state index is -0.667. The van der Waals surface area contributed by atoms with E-state index in [0.29, 0.717) is 12.8 Å². The monoisotopic (exact) mass is 422 g/mol. The molecular weight excluding hydrogens is 384 g/mol. The van der Waals surface area contributed by atoms with Crippen LogP contribution in [0, 0.1) is 5.41 Å². The quantitative estimate of drug-likeness (QED) is 0.682. The van der Waals surface area contributed by atoms with Crippen molar-refractivity contribution in [1.82, 2.24) is 10.2 Å². The first-order chi connectivity index (χ1) is 13.8. The van der Waals surface area contributed by atoms with Gasteiger partial charge in [0.15, 0.2) is 0 Å². The maximum atomic E-state index is 13.5. The number of nitrogens with zero attached hydrogens (tertiary/aromatic N) is 1. The van der Waals surface area contributed by atoms with E-state index in [2.05, 4.69) is 5.32 Å². The van der Waals surface area contributed by atoms with Crippen molar-refractivity contribution in [2.24, 2.45) is 5.41 Å². The summed E-state index contributed by atoms with van der Waals surface area (Å²) >= 11 is 0. The number of hydrogen-bond donors (Lipinski definition) is 1.